The molecular weight excluding hydrogens is 593 g/mol. The molecule has 228 valence electrons. The fourth-order valence-corrected chi connectivity index (χ4v) is 7.84. The van der Waals surface area contributed by atoms with E-state index in [-0.39, 0.29) is 0 Å². The summed E-state index contributed by atoms with van der Waals surface area (Å²) >= 11 is 0. The SMILES string of the molecule is c1ccc(-c2nc3ccccc3n2-c2ccc3c(-c4cccc5ccccc45)c4ccccc4c(-c4cccc5ccccc45)c3c2)cc1. The number of fused-ring (bicyclic) bond motifs is 5. The normalized spacial score (nSPS) is 11.7. The van der Waals surface area contributed by atoms with E-state index in [1.807, 2.05) is 0 Å². The van der Waals surface area contributed by atoms with E-state index in [0.29, 0.717) is 0 Å². The number of benzene rings is 9. The maximum Gasteiger partial charge on any atom is 0.145 e. The van der Waals surface area contributed by atoms with E-state index in [2.05, 4.69) is 187 Å². The van der Waals surface area contributed by atoms with Crippen LogP contribution >= 0.6 is 0 Å². The van der Waals surface area contributed by atoms with E-state index >= 15 is 0 Å². The molecule has 1 heterocycles. The summed E-state index contributed by atoms with van der Waals surface area (Å²) in [7, 11) is 0. The lowest BCUT2D eigenvalue weighted by Gasteiger charge is -2.21. The largest absolute Gasteiger partial charge is 0.292 e. The number of nitrogens with zero attached hydrogens (tertiary/aromatic N) is 2. The van der Waals surface area contributed by atoms with Gasteiger partial charge in [0, 0.05) is 11.3 Å². The number of imidazole rings is 1. The summed E-state index contributed by atoms with van der Waals surface area (Å²) in [6.45, 7) is 0. The third-order valence-corrected chi connectivity index (χ3v) is 9.98. The fraction of sp³-hybridized carbons (Fsp3) is 0. The minimum atomic E-state index is 0.933. The lowest BCUT2D eigenvalue weighted by atomic mass is 9.83. The van der Waals surface area contributed by atoms with E-state index in [9.17, 15) is 0 Å². The van der Waals surface area contributed by atoms with E-state index in [1.165, 1.54) is 65.3 Å². The van der Waals surface area contributed by atoms with Crippen molar-refractivity contribution < 1.29 is 0 Å². The summed E-state index contributed by atoms with van der Waals surface area (Å²) in [4.78, 5) is 5.17. The molecule has 2 nitrogen and oxygen atoms in total. The second-order valence-electron chi connectivity index (χ2n) is 12.7. The Balaban J connectivity index is 1.39. The second kappa shape index (κ2) is 11.0. The third-order valence-electron chi connectivity index (χ3n) is 9.98. The molecule has 49 heavy (non-hydrogen) atoms. The molecule has 0 saturated heterocycles. The number of hydrogen-bond acceptors (Lipinski definition) is 1. The van der Waals surface area contributed by atoms with Crippen molar-refractivity contribution in [3.63, 3.8) is 0 Å². The van der Waals surface area contributed by atoms with Crippen LogP contribution in [0.1, 0.15) is 0 Å². The molecule has 1 aromatic heterocycles. The van der Waals surface area contributed by atoms with Crippen molar-refractivity contribution in [3.05, 3.63) is 182 Å². The minimum Gasteiger partial charge on any atom is -0.292 e. The van der Waals surface area contributed by atoms with Gasteiger partial charge in [-0.05, 0) is 89.6 Å². The molecule has 2 heteroatoms. The van der Waals surface area contributed by atoms with Crippen LogP contribution in [0, 0.1) is 0 Å². The molecule has 0 radical (unpaired) electrons. The van der Waals surface area contributed by atoms with Gasteiger partial charge in [-0.25, -0.2) is 4.98 Å². The molecule has 0 aliphatic carbocycles. The number of hydrogen-bond donors (Lipinski definition) is 0. The zero-order chi connectivity index (χ0) is 32.3. The van der Waals surface area contributed by atoms with Crippen LogP contribution in [0.25, 0.3) is 93.5 Å². The van der Waals surface area contributed by atoms with Gasteiger partial charge in [-0.1, -0.05) is 158 Å². The monoisotopic (exact) mass is 622 g/mol. The van der Waals surface area contributed by atoms with Gasteiger partial charge >= 0.3 is 0 Å². The summed E-state index contributed by atoms with van der Waals surface area (Å²) < 4.78 is 2.32. The predicted molar refractivity (Wildman–Crippen MR) is 207 cm³/mol. The van der Waals surface area contributed by atoms with Crippen LogP contribution in [0.5, 0.6) is 0 Å². The van der Waals surface area contributed by atoms with Crippen LogP contribution in [0.3, 0.4) is 0 Å². The molecule has 0 aliphatic rings. The van der Waals surface area contributed by atoms with Gasteiger partial charge in [-0.2, -0.15) is 0 Å². The first-order valence-electron chi connectivity index (χ1n) is 16.8. The van der Waals surface area contributed by atoms with Crippen LogP contribution < -0.4 is 0 Å². The van der Waals surface area contributed by atoms with Crippen molar-refractivity contribution in [2.24, 2.45) is 0 Å². The molecule has 10 rings (SSSR count). The Morgan fingerprint density at radius 3 is 1.55 bits per heavy atom. The lowest BCUT2D eigenvalue weighted by Crippen LogP contribution is -1.99. The lowest BCUT2D eigenvalue weighted by molar-refractivity contribution is 1.11. The molecule has 0 bridgehead atoms. The maximum atomic E-state index is 5.17. The topological polar surface area (TPSA) is 17.8 Å². The maximum absolute atomic E-state index is 5.17. The molecule has 0 fully saturated rings. The first-order valence-corrected chi connectivity index (χ1v) is 16.8. The molecule has 0 unspecified atom stereocenters. The van der Waals surface area contributed by atoms with Crippen LogP contribution in [0.4, 0.5) is 0 Å². The van der Waals surface area contributed by atoms with E-state index in [1.54, 1.807) is 0 Å². The van der Waals surface area contributed by atoms with Crippen LogP contribution in [0.2, 0.25) is 0 Å². The van der Waals surface area contributed by atoms with Gasteiger partial charge in [-0.15, -0.1) is 0 Å². The van der Waals surface area contributed by atoms with Gasteiger partial charge in [0.25, 0.3) is 0 Å². The minimum absolute atomic E-state index is 0.933. The highest BCUT2D eigenvalue weighted by atomic mass is 15.1. The Morgan fingerprint density at radius 2 is 0.878 bits per heavy atom. The second-order valence-corrected chi connectivity index (χ2v) is 12.7. The first-order chi connectivity index (χ1) is 24.3. The van der Waals surface area contributed by atoms with Crippen molar-refractivity contribution in [1.29, 1.82) is 0 Å². The molecule has 0 spiro atoms. The molecule has 0 aliphatic heterocycles. The molecule has 0 saturated carbocycles. The van der Waals surface area contributed by atoms with Crippen molar-refractivity contribution in [2.75, 3.05) is 0 Å². The van der Waals surface area contributed by atoms with Crippen LogP contribution in [0.15, 0.2) is 182 Å². The average molecular weight is 623 g/mol. The van der Waals surface area contributed by atoms with E-state index in [0.717, 1.165) is 28.1 Å². The fourth-order valence-electron chi connectivity index (χ4n) is 7.84. The Kier molecular flexibility index (Phi) is 6.22. The zero-order valence-corrected chi connectivity index (χ0v) is 26.7. The highest BCUT2D eigenvalue weighted by Gasteiger charge is 2.21. The Hall–Kier alpha value is -6.51. The summed E-state index contributed by atoms with van der Waals surface area (Å²) in [5, 5.41) is 9.91. The summed E-state index contributed by atoms with van der Waals surface area (Å²) in [5.74, 6) is 0.933. The van der Waals surface area contributed by atoms with Crippen molar-refractivity contribution in [2.45, 2.75) is 0 Å². The molecular formula is C47H30N2. The molecule has 0 N–H and O–H groups in total. The molecule has 9 aromatic carbocycles. The van der Waals surface area contributed by atoms with Gasteiger partial charge < -0.3 is 0 Å². The Morgan fingerprint density at radius 1 is 0.367 bits per heavy atom. The van der Waals surface area contributed by atoms with Gasteiger partial charge in [0.15, 0.2) is 0 Å². The average Bonchev–Trinajstić information content (AvgIpc) is 3.57. The highest BCUT2D eigenvalue weighted by molar-refractivity contribution is 6.25. The van der Waals surface area contributed by atoms with Gasteiger partial charge in [0.05, 0.1) is 11.0 Å². The van der Waals surface area contributed by atoms with Crippen LogP contribution in [-0.4, -0.2) is 9.55 Å². The summed E-state index contributed by atoms with van der Waals surface area (Å²) in [6, 6.07) is 65.8. The van der Waals surface area contributed by atoms with Crippen molar-refractivity contribution >= 4 is 54.1 Å². The van der Waals surface area contributed by atoms with Gasteiger partial charge in [-0.3, -0.25) is 4.57 Å². The smallest absolute Gasteiger partial charge is 0.145 e. The van der Waals surface area contributed by atoms with Crippen molar-refractivity contribution in [1.82, 2.24) is 9.55 Å². The first kappa shape index (κ1) is 27.6. The van der Waals surface area contributed by atoms with E-state index in [4.69, 9.17) is 4.98 Å². The Bertz CT molecular complexity index is 2870. The standard InChI is InChI=1S/C47H30N2/c1-2-16-33(17-3-1)47-48-43-26-10-11-27-44(43)49(47)34-28-29-41-42(30-34)46(38-25-13-19-32-15-5-7-21-36(32)38)40-23-9-8-22-39(40)45(41)37-24-12-18-31-14-4-6-20-35(31)37/h1-30H. The highest BCUT2D eigenvalue weighted by Crippen LogP contribution is 2.47. The quantitative estimate of drug-likeness (QED) is 0.179. The molecule has 0 atom stereocenters. The summed E-state index contributed by atoms with van der Waals surface area (Å²) in [5.41, 5.74) is 9.22. The predicted octanol–water partition coefficient (Wildman–Crippen LogP) is 12.6. The summed E-state index contributed by atoms with van der Waals surface area (Å²) in [6.07, 6.45) is 0. The molecule has 0 amide bonds. The Labute approximate surface area is 284 Å². The van der Waals surface area contributed by atoms with Crippen molar-refractivity contribution in [3.8, 4) is 39.3 Å². The zero-order valence-electron chi connectivity index (χ0n) is 26.7. The van der Waals surface area contributed by atoms with Gasteiger partial charge in [0.1, 0.15) is 5.82 Å². The van der Waals surface area contributed by atoms with E-state index < -0.39 is 0 Å². The number of rotatable bonds is 4. The van der Waals surface area contributed by atoms with Gasteiger partial charge in [0.2, 0.25) is 0 Å². The number of para-hydroxylation sites is 2. The number of aromatic nitrogens is 2. The van der Waals surface area contributed by atoms with Crippen LogP contribution in [-0.2, 0) is 0 Å². The third kappa shape index (κ3) is 4.31. The molecule has 10 aromatic rings.